The second-order valence-corrected chi connectivity index (χ2v) is 6.84. The molecule has 0 bridgehead atoms. The van der Waals surface area contributed by atoms with E-state index in [2.05, 4.69) is 45.2 Å². The molecule has 1 saturated heterocycles. The SMILES string of the molecule is Cc1ccc2c(CC(=O)N3CCCN(c4cccnn4)CC3)c[nH]c2c1. The normalized spacial score (nSPS) is 15.3. The van der Waals surface area contributed by atoms with Crippen LogP contribution in [0.3, 0.4) is 0 Å². The number of benzene rings is 1. The van der Waals surface area contributed by atoms with Crippen LogP contribution < -0.4 is 4.90 Å². The summed E-state index contributed by atoms with van der Waals surface area (Å²) in [5.74, 6) is 1.07. The van der Waals surface area contributed by atoms with Crippen molar-refractivity contribution in [1.29, 1.82) is 0 Å². The van der Waals surface area contributed by atoms with Crippen molar-refractivity contribution in [3.8, 4) is 0 Å². The fourth-order valence-electron chi connectivity index (χ4n) is 3.58. The maximum absolute atomic E-state index is 12.8. The van der Waals surface area contributed by atoms with E-state index in [1.165, 1.54) is 5.56 Å². The molecule has 1 aromatic carbocycles. The number of aromatic nitrogens is 3. The van der Waals surface area contributed by atoms with Gasteiger partial charge >= 0.3 is 0 Å². The van der Waals surface area contributed by atoms with Crippen molar-refractivity contribution in [1.82, 2.24) is 20.1 Å². The van der Waals surface area contributed by atoms with Gasteiger partial charge in [-0.25, -0.2) is 0 Å². The summed E-state index contributed by atoms with van der Waals surface area (Å²) in [7, 11) is 0. The molecule has 3 heterocycles. The summed E-state index contributed by atoms with van der Waals surface area (Å²) in [6, 6.07) is 10.2. The van der Waals surface area contributed by atoms with E-state index in [-0.39, 0.29) is 5.91 Å². The van der Waals surface area contributed by atoms with Crippen molar-refractivity contribution in [2.75, 3.05) is 31.1 Å². The number of nitrogens with zero attached hydrogens (tertiary/aromatic N) is 4. The van der Waals surface area contributed by atoms with Crippen molar-refractivity contribution >= 4 is 22.6 Å². The quantitative estimate of drug-likeness (QED) is 0.789. The summed E-state index contributed by atoms with van der Waals surface area (Å²) in [6.07, 6.45) is 5.02. The fourth-order valence-corrected chi connectivity index (χ4v) is 3.58. The summed E-state index contributed by atoms with van der Waals surface area (Å²) >= 11 is 0. The lowest BCUT2D eigenvalue weighted by Crippen LogP contribution is -2.36. The molecule has 1 N–H and O–H groups in total. The average Bonchev–Trinajstić information content (AvgIpc) is 2.89. The minimum absolute atomic E-state index is 0.187. The van der Waals surface area contributed by atoms with E-state index >= 15 is 0 Å². The lowest BCUT2D eigenvalue weighted by atomic mass is 10.1. The highest BCUT2D eigenvalue weighted by molar-refractivity contribution is 5.89. The first-order chi connectivity index (χ1) is 12.7. The highest BCUT2D eigenvalue weighted by Gasteiger charge is 2.21. The van der Waals surface area contributed by atoms with Crippen LogP contribution >= 0.6 is 0 Å². The van der Waals surface area contributed by atoms with Crippen LogP contribution in [-0.4, -0.2) is 52.2 Å². The first kappa shape index (κ1) is 16.6. The van der Waals surface area contributed by atoms with E-state index in [0.29, 0.717) is 6.42 Å². The molecule has 1 aliphatic heterocycles. The smallest absolute Gasteiger partial charge is 0.227 e. The molecule has 0 spiro atoms. The third kappa shape index (κ3) is 3.40. The molecule has 0 aliphatic carbocycles. The van der Waals surface area contributed by atoms with E-state index in [1.54, 1.807) is 6.20 Å². The molecule has 0 saturated carbocycles. The first-order valence-corrected chi connectivity index (χ1v) is 9.08. The molecule has 1 aliphatic rings. The molecule has 1 amide bonds. The molecule has 0 radical (unpaired) electrons. The molecule has 0 unspecified atom stereocenters. The van der Waals surface area contributed by atoms with E-state index < -0.39 is 0 Å². The van der Waals surface area contributed by atoms with Crippen LogP contribution in [0.25, 0.3) is 10.9 Å². The number of amides is 1. The van der Waals surface area contributed by atoms with Gasteiger partial charge in [0.2, 0.25) is 5.91 Å². The van der Waals surface area contributed by atoms with Crippen LogP contribution in [0.2, 0.25) is 0 Å². The van der Waals surface area contributed by atoms with Gasteiger partial charge in [0, 0.05) is 49.5 Å². The zero-order chi connectivity index (χ0) is 17.9. The van der Waals surface area contributed by atoms with Crippen molar-refractivity contribution in [3.05, 3.63) is 53.9 Å². The summed E-state index contributed by atoms with van der Waals surface area (Å²) in [6.45, 7) is 5.27. The number of carbonyl (C=O) groups is 1. The van der Waals surface area contributed by atoms with Gasteiger partial charge in [0.1, 0.15) is 0 Å². The van der Waals surface area contributed by atoms with E-state index in [0.717, 1.165) is 54.9 Å². The summed E-state index contributed by atoms with van der Waals surface area (Å²) in [5.41, 5.74) is 3.38. The molecule has 134 valence electrons. The Hall–Kier alpha value is -2.89. The number of aromatic amines is 1. The van der Waals surface area contributed by atoms with Gasteiger partial charge in [-0.3, -0.25) is 4.79 Å². The average molecular weight is 349 g/mol. The lowest BCUT2D eigenvalue weighted by molar-refractivity contribution is -0.130. The Labute approximate surface area is 152 Å². The lowest BCUT2D eigenvalue weighted by Gasteiger charge is -2.22. The third-order valence-electron chi connectivity index (χ3n) is 5.00. The maximum atomic E-state index is 12.8. The molecule has 2 aromatic heterocycles. The molecule has 3 aromatic rings. The third-order valence-corrected chi connectivity index (χ3v) is 5.00. The Morgan fingerprint density at radius 3 is 2.96 bits per heavy atom. The van der Waals surface area contributed by atoms with Crippen LogP contribution in [0.4, 0.5) is 5.82 Å². The number of H-pyrrole nitrogens is 1. The Kier molecular flexibility index (Phi) is 4.56. The molecule has 6 heteroatoms. The topological polar surface area (TPSA) is 65.1 Å². The Balaban J connectivity index is 1.43. The van der Waals surface area contributed by atoms with Crippen molar-refractivity contribution in [2.45, 2.75) is 19.8 Å². The Morgan fingerprint density at radius 1 is 1.19 bits per heavy atom. The van der Waals surface area contributed by atoms with Gasteiger partial charge in [-0.05, 0) is 42.7 Å². The number of nitrogens with one attached hydrogen (secondary N) is 1. The molecule has 0 atom stereocenters. The highest BCUT2D eigenvalue weighted by Crippen LogP contribution is 2.21. The molecule has 4 rings (SSSR count). The monoisotopic (exact) mass is 349 g/mol. The predicted octanol–water partition coefficient (Wildman–Crippen LogP) is 2.55. The largest absolute Gasteiger partial charge is 0.361 e. The first-order valence-electron chi connectivity index (χ1n) is 9.08. The van der Waals surface area contributed by atoms with E-state index in [4.69, 9.17) is 0 Å². The van der Waals surface area contributed by atoms with Crippen LogP contribution in [0, 0.1) is 6.92 Å². The van der Waals surface area contributed by atoms with Gasteiger partial charge in [-0.1, -0.05) is 12.1 Å². The summed E-state index contributed by atoms with van der Waals surface area (Å²) in [4.78, 5) is 20.3. The van der Waals surface area contributed by atoms with Gasteiger partial charge in [0.15, 0.2) is 5.82 Å². The molecule has 6 nitrogen and oxygen atoms in total. The van der Waals surface area contributed by atoms with Gasteiger partial charge in [0.25, 0.3) is 0 Å². The highest BCUT2D eigenvalue weighted by atomic mass is 16.2. The summed E-state index contributed by atoms with van der Waals surface area (Å²) < 4.78 is 0. The predicted molar refractivity (Wildman–Crippen MR) is 102 cm³/mol. The van der Waals surface area contributed by atoms with Crippen LogP contribution in [0.1, 0.15) is 17.5 Å². The Bertz CT molecular complexity index is 905. The van der Waals surface area contributed by atoms with E-state index in [9.17, 15) is 4.79 Å². The number of hydrogen-bond donors (Lipinski definition) is 1. The van der Waals surface area contributed by atoms with Crippen LogP contribution in [0.5, 0.6) is 0 Å². The van der Waals surface area contributed by atoms with Crippen LogP contribution in [-0.2, 0) is 11.2 Å². The number of aryl methyl sites for hydroxylation is 1. The Morgan fingerprint density at radius 2 is 2.12 bits per heavy atom. The van der Waals surface area contributed by atoms with Gasteiger partial charge in [-0.15, -0.1) is 5.10 Å². The van der Waals surface area contributed by atoms with Crippen molar-refractivity contribution < 1.29 is 4.79 Å². The molecular formula is C20H23N5O. The molecular weight excluding hydrogens is 326 g/mol. The maximum Gasteiger partial charge on any atom is 0.227 e. The summed E-state index contributed by atoms with van der Waals surface area (Å²) in [5, 5.41) is 9.28. The number of fused-ring (bicyclic) bond motifs is 1. The number of rotatable bonds is 3. The minimum atomic E-state index is 0.187. The van der Waals surface area contributed by atoms with Crippen molar-refractivity contribution in [3.63, 3.8) is 0 Å². The van der Waals surface area contributed by atoms with Gasteiger partial charge < -0.3 is 14.8 Å². The number of anilines is 1. The fraction of sp³-hybridized carbons (Fsp3) is 0.350. The second-order valence-electron chi connectivity index (χ2n) is 6.84. The number of carbonyl (C=O) groups excluding carboxylic acids is 1. The van der Waals surface area contributed by atoms with Crippen LogP contribution in [0.15, 0.2) is 42.7 Å². The van der Waals surface area contributed by atoms with E-state index in [1.807, 2.05) is 23.2 Å². The van der Waals surface area contributed by atoms with Gasteiger partial charge in [-0.2, -0.15) is 5.10 Å². The van der Waals surface area contributed by atoms with Crippen molar-refractivity contribution in [2.24, 2.45) is 0 Å². The zero-order valence-electron chi connectivity index (χ0n) is 15.0. The number of hydrogen-bond acceptors (Lipinski definition) is 4. The minimum Gasteiger partial charge on any atom is -0.361 e. The zero-order valence-corrected chi connectivity index (χ0v) is 15.0. The second kappa shape index (κ2) is 7.15. The molecule has 1 fully saturated rings. The van der Waals surface area contributed by atoms with Gasteiger partial charge in [0.05, 0.1) is 6.42 Å². The molecule has 26 heavy (non-hydrogen) atoms. The standard InChI is InChI=1S/C20H23N5O/c1-15-5-6-17-16(14-21-18(17)12-15)13-20(26)25-9-3-8-24(10-11-25)19-4-2-7-22-23-19/h2,4-7,12,14,21H,3,8-11,13H2,1H3.